The summed E-state index contributed by atoms with van der Waals surface area (Å²) in [5.41, 5.74) is 10.3. The second-order valence-electron chi connectivity index (χ2n) is 17.8. The van der Waals surface area contributed by atoms with Crippen molar-refractivity contribution in [2.24, 2.45) is 11.7 Å². The number of fused-ring (bicyclic) bond motifs is 3. The Labute approximate surface area is 443 Å². The Hall–Kier alpha value is -8.64. The predicted molar refractivity (Wildman–Crippen MR) is 277 cm³/mol. The second-order valence-corrected chi connectivity index (χ2v) is 17.8. The third kappa shape index (κ3) is 19.5. The van der Waals surface area contributed by atoms with Crippen LogP contribution in [0.3, 0.4) is 0 Å². The first kappa shape index (κ1) is 59.2. The monoisotopic (exact) mass is 1070 g/mol. The van der Waals surface area contributed by atoms with E-state index in [1.54, 1.807) is 26.0 Å². The number of nitrogens with one attached hydrogen (secondary N) is 6. The lowest BCUT2D eigenvalue weighted by atomic mass is 9.98. The lowest BCUT2D eigenvalue weighted by molar-refractivity contribution is -0.384. The molecule has 0 fully saturated rings. The highest BCUT2D eigenvalue weighted by atomic mass is 16.7. The van der Waals surface area contributed by atoms with Gasteiger partial charge in [0.1, 0.15) is 37.1 Å². The molecule has 0 saturated carbocycles. The number of nitrogens with two attached hydrogens (primary N) is 1. The zero-order valence-corrected chi connectivity index (χ0v) is 42.9. The van der Waals surface area contributed by atoms with Gasteiger partial charge in [0, 0.05) is 49.7 Å². The molecule has 24 nitrogen and oxygen atoms in total. The van der Waals surface area contributed by atoms with Crippen molar-refractivity contribution in [3.63, 3.8) is 0 Å². The number of hydrogen-bond acceptors (Lipinski definition) is 16. The predicted octanol–water partition coefficient (Wildman–Crippen LogP) is 4.72. The molecule has 1 aliphatic carbocycles. The van der Waals surface area contributed by atoms with Crippen LogP contribution in [0.4, 0.5) is 25.8 Å². The van der Waals surface area contributed by atoms with Gasteiger partial charge in [-0.15, -0.1) is 0 Å². The van der Waals surface area contributed by atoms with Gasteiger partial charge in [-0.2, -0.15) is 0 Å². The van der Waals surface area contributed by atoms with Crippen LogP contribution >= 0.6 is 0 Å². The first-order valence-electron chi connectivity index (χ1n) is 24.8. The molecule has 77 heavy (non-hydrogen) atoms. The van der Waals surface area contributed by atoms with Crippen molar-refractivity contribution in [2.75, 3.05) is 58.6 Å². The quantitative estimate of drug-likeness (QED) is 0.00927. The minimum atomic E-state index is -1.28. The number of amides is 7. The fourth-order valence-corrected chi connectivity index (χ4v) is 7.92. The van der Waals surface area contributed by atoms with E-state index in [-0.39, 0.29) is 102 Å². The fourth-order valence-electron chi connectivity index (χ4n) is 7.92. The molecule has 5 rings (SSSR count). The normalized spacial score (nSPS) is 12.6. The first-order chi connectivity index (χ1) is 37.0. The van der Waals surface area contributed by atoms with Crippen molar-refractivity contribution in [2.45, 2.75) is 76.6 Å². The summed E-state index contributed by atoms with van der Waals surface area (Å²) in [4.78, 5) is 113. The van der Waals surface area contributed by atoms with E-state index in [0.717, 1.165) is 22.3 Å². The van der Waals surface area contributed by atoms with Crippen LogP contribution in [-0.2, 0) is 54.3 Å². The molecule has 0 spiro atoms. The maximum Gasteiger partial charge on any atom is 0.514 e. The molecular weight excluding hydrogens is 1000 g/mol. The minimum Gasteiger partial charge on any atom is -0.469 e. The lowest BCUT2D eigenvalue weighted by Gasteiger charge is -2.27. The maximum absolute atomic E-state index is 13.9. The van der Waals surface area contributed by atoms with Gasteiger partial charge >= 0.3 is 24.2 Å². The van der Waals surface area contributed by atoms with Crippen molar-refractivity contribution < 1.29 is 71.7 Å². The van der Waals surface area contributed by atoms with Gasteiger partial charge in [-0.3, -0.25) is 34.1 Å². The van der Waals surface area contributed by atoms with Gasteiger partial charge in [-0.1, -0.05) is 74.5 Å². The molecule has 0 radical (unpaired) electrons. The van der Waals surface area contributed by atoms with Crippen molar-refractivity contribution in [1.82, 2.24) is 26.6 Å². The molecule has 7 amide bonds. The number of primary amides is 1. The standard InChI is InChI=1S/C53H64N8O16/c1-33(2)47(50(66)59-43(13-8-25-55-51(54)67)48(64)57-35-16-14-34(15-17-35)31-76-53(69)77-37-20-18-36(19-21-37)61(70)71)60-49(65)44(22-23-46(63)72-3)58-45(62)24-27-73-29-30-74-28-26-56-52(68)75-32-42-40-11-6-4-9-38(40)39-10-5-7-12-41(39)42/h4-7,9-12,14-21,33,42-44,47H,8,13,22-32H2,1-3H3,(H,56,68)(H,57,64)(H,58,62)(H,59,66)(H,60,65)(H3,54,55,67)/t43-,44+,47-/m0/s1. The fraction of sp³-hybridized carbons (Fsp3) is 0.396. The van der Waals surface area contributed by atoms with E-state index in [1.165, 1.54) is 43.5 Å². The topological polar surface area (TPSA) is 333 Å². The minimum absolute atomic E-state index is 0.0201. The number of rotatable bonds is 30. The molecule has 0 aromatic heterocycles. The van der Waals surface area contributed by atoms with Gasteiger partial charge in [0.05, 0.1) is 38.5 Å². The van der Waals surface area contributed by atoms with E-state index in [1.807, 2.05) is 36.4 Å². The third-order valence-electron chi connectivity index (χ3n) is 11.9. The molecule has 0 bridgehead atoms. The van der Waals surface area contributed by atoms with E-state index in [2.05, 4.69) is 44.0 Å². The summed E-state index contributed by atoms with van der Waals surface area (Å²) in [7, 11) is 1.17. The van der Waals surface area contributed by atoms with E-state index in [4.69, 9.17) is 34.2 Å². The molecule has 412 valence electrons. The van der Waals surface area contributed by atoms with Gasteiger partial charge in [-0.05, 0) is 77.3 Å². The number of nitro benzene ring substituents is 1. The highest BCUT2D eigenvalue weighted by Gasteiger charge is 2.32. The molecule has 0 unspecified atom stereocenters. The van der Waals surface area contributed by atoms with E-state index < -0.39 is 76.8 Å². The SMILES string of the molecule is COC(=O)CC[C@@H](NC(=O)CCOCCOCCNC(=O)OCC1c2ccccc2-c2ccccc21)C(=O)N[C@H](C(=O)N[C@@H](CCCNC(N)=O)C(=O)Nc1ccc(COC(=O)Oc2ccc([N+](=O)[O-])cc2)cc1)C(C)C. The van der Waals surface area contributed by atoms with Crippen LogP contribution in [0, 0.1) is 16.0 Å². The van der Waals surface area contributed by atoms with E-state index in [9.17, 15) is 48.5 Å². The van der Waals surface area contributed by atoms with Gasteiger partial charge in [0.15, 0.2) is 0 Å². The highest BCUT2D eigenvalue weighted by molar-refractivity contribution is 5.99. The van der Waals surface area contributed by atoms with Crippen LogP contribution in [0.15, 0.2) is 97.1 Å². The van der Waals surface area contributed by atoms with Crippen LogP contribution < -0.4 is 42.4 Å². The number of methoxy groups -OCH3 is 1. The number of nitro groups is 1. The van der Waals surface area contributed by atoms with E-state index in [0.29, 0.717) is 11.3 Å². The zero-order valence-electron chi connectivity index (χ0n) is 42.9. The average Bonchev–Trinajstić information content (AvgIpc) is 3.73. The molecular formula is C53H64N8O16. The largest absolute Gasteiger partial charge is 0.514 e. The second kappa shape index (κ2) is 30.7. The summed E-state index contributed by atoms with van der Waals surface area (Å²) < 4.78 is 31.5. The Balaban J connectivity index is 1.05. The van der Waals surface area contributed by atoms with Crippen LogP contribution in [0.25, 0.3) is 11.1 Å². The van der Waals surface area contributed by atoms with Crippen molar-refractivity contribution in [3.8, 4) is 16.9 Å². The van der Waals surface area contributed by atoms with Gasteiger partial charge in [0.25, 0.3) is 5.69 Å². The van der Waals surface area contributed by atoms with Crippen molar-refractivity contribution in [1.29, 1.82) is 0 Å². The molecule has 3 atom stereocenters. The molecule has 8 N–H and O–H groups in total. The smallest absolute Gasteiger partial charge is 0.469 e. The number of esters is 1. The van der Waals surface area contributed by atoms with Crippen LogP contribution in [0.1, 0.15) is 68.6 Å². The summed E-state index contributed by atoms with van der Waals surface area (Å²) in [6.45, 7) is 3.94. The number of carbonyl (C=O) groups is 8. The molecule has 24 heteroatoms. The van der Waals surface area contributed by atoms with Crippen molar-refractivity contribution >= 4 is 59.3 Å². The maximum atomic E-state index is 13.9. The van der Waals surface area contributed by atoms with Crippen molar-refractivity contribution in [3.05, 3.63) is 124 Å². The Kier molecular flexibility index (Phi) is 23.6. The third-order valence-corrected chi connectivity index (χ3v) is 11.9. The molecule has 4 aromatic rings. The van der Waals surface area contributed by atoms with Crippen LogP contribution in [0.2, 0.25) is 0 Å². The average molecular weight is 1070 g/mol. The molecule has 0 aliphatic heterocycles. The Morgan fingerprint density at radius 3 is 1.94 bits per heavy atom. The number of carbonyl (C=O) groups excluding carboxylic acids is 8. The summed E-state index contributed by atoms with van der Waals surface area (Å²) in [5.74, 6) is -3.98. The van der Waals surface area contributed by atoms with Gasteiger partial charge < -0.3 is 66.1 Å². The lowest BCUT2D eigenvalue weighted by Crippen LogP contribution is -2.58. The number of ether oxygens (including phenoxy) is 6. The number of urea groups is 1. The zero-order chi connectivity index (χ0) is 55.7. The van der Waals surface area contributed by atoms with Crippen LogP contribution in [-0.4, -0.2) is 124 Å². The number of benzene rings is 4. The first-order valence-corrected chi connectivity index (χ1v) is 24.8. The number of hydrogen-bond donors (Lipinski definition) is 7. The molecule has 4 aromatic carbocycles. The molecule has 0 saturated heterocycles. The number of nitrogens with zero attached hydrogens (tertiary/aromatic N) is 1. The van der Waals surface area contributed by atoms with Gasteiger partial charge in [0.2, 0.25) is 23.6 Å². The summed E-state index contributed by atoms with van der Waals surface area (Å²) in [5, 5.41) is 26.6. The Bertz CT molecular complexity index is 2620. The Morgan fingerprint density at radius 1 is 0.675 bits per heavy atom. The number of non-ortho nitro benzene ring substituents is 1. The summed E-state index contributed by atoms with van der Waals surface area (Å²) in [6, 6.07) is 22.6. The Morgan fingerprint density at radius 2 is 1.31 bits per heavy atom. The molecule has 1 aliphatic rings. The highest BCUT2D eigenvalue weighted by Crippen LogP contribution is 2.44. The number of alkyl carbamates (subject to hydrolysis) is 1. The summed E-state index contributed by atoms with van der Waals surface area (Å²) in [6.07, 6.45) is -2.00. The van der Waals surface area contributed by atoms with E-state index >= 15 is 0 Å². The van der Waals surface area contributed by atoms with Crippen LogP contribution in [0.5, 0.6) is 5.75 Å². The molecule has 0 heterocycles. The van der Waals surface area contributed by atoms with Gasteiger partial charge in [-0.25, -0.2) is 14.4 Å². The summed E-state index contributed by atoms with van der Waals surface area (Å²) >= 11 is 0. The number of anilines is 1.